The van der Waals surface area contributed by atoms with Gasteiger partial charge in [0.25, 0.3) is 0 Å². The highest BCUT2D eigenvalue weighted by Gasteiger charge is 2.13. The van der Waals surface area contributed by atoms with Crippen molar-refractivity contribution in [2.75, 3.05) is 11.9 Å². The van der Waals surface area contributed by atoms with Gasteiger partial charge in [0.1, 0.15) is 6.33 Å². The Hall–Kier alpha value is -3.91. The second-order valence-corrected chi connectivity index (χ2v) is 6.61. The summed E-state index contributed by atoms with van der Waals surface area (Å²) in [6.07, 6.45) is 5.00. The van der Waals surface area contributed by atoms with Crippen molar-refractivity contribution in [3.63, 3.8) is 0 Å². The van der Waals surface area contributed by atoms with Gasteiger partial charge < -0.3 is 10.4 Å². The Morgan fingerprint density at radius 3 is 2.76 bits per heavy atom. The standard InChI is InChI=1S/C21H17N7O/c29-11-18(13-4-2-1-3-5-13)27-21-22-9-15-8-14(6-7-17(15)26-21)19-16-10-25-28-20(16)24-12-23-19/h1-10,12,18,29H,11H2,(H,22,26,27)(H,23,24,25,28). The Balaban J connectivity index is 1.47. The molecule has 0 aliphatic rings. The maximum Gasteiger partial charge on any atom is 0.223 e. The summed E-state index contributed by atoms with van der Waals surface area (Å²) in [6, 6.07) is 15.4. The molecule has 2 aromatic carbocycles. The summed E-state index contributed by atoms with van der Waals surface area (Å²) in [5.41, 5.74) is 4.21. The van der Waals surface area contributed by atoms with Crippen LogP contribution in [0.5, 0.6) is 0 Å². The van der Waals surface area contributed by atoms with Crippen LogP contribution in [0.25, 0.3) is 33.2 Å². The topological polar surface area (TPSA) is 112 Å². The summed E-state index contributed by atoms with van der Waals surface area (Å²) >= 11 is 0. The molecule has 3 aromatic heterocycles. The van der Waals surface area contributed by atoms with Crippen LogP contribution in [0.4, 0.5) is 5.95 Å². The van der Waals surface area contributed by atoms with E-state index in [1.54, 1.807) is 12.4 Å². The number of aromatic nitrogens is 6. The molecule has 29 heavy (non-hydrogen) atoms. The fourth-order valence-electron chi connectivity index (χ4n) is 3.32. The van der Waals surface area contributed by atoms with Crippen LogP contribution in [0.15, 0.2) is 67.3 Å². The largest absolute Gasteiger partial charge is 0.394 e. The van der Waals surface area contributed by atoms with Crippen molar-refractivity contribution in [3.8, 4) is 11.3 Å². The molecular weight excluding hydrogens is 366 g/mol. The summed E-state index contributed by atoms with van der Waals surface area (Å²) in [5.74, 6) is 0.465. The smallest absolute Gasteiger partial charge is 0.223 e. The first-order valence-electron chi connectivity index (χ1n) is 9.15. The van der Waals surface area contributed by atoms with Crippen LogP contribution < -0.4 is 5.32 Å². The highest BCUT2D eigenvalue weighted by Crippen LogP contribution is 2.27. The molecule has 3 N–H and O–H groups in total. The molecule has 0 aliphatic carbocycles. The molecule has 5 rings (SSSR count). The van der Waals surface area contributed by atoms with Gasteiger partial charge in [0.05, 0.1) is 35.4 Å². The maximum absolute atomic E-state index is 9.75. The van der Waals surface area contributed by atoms with E-state index in [1.165, 1.54) is 6.33 Å². The average Bonchev–Trinajstić information content (AvgIpc) is 3.27. The predicted molar refractivity (Wildman–Crippen MR) is 110 cm³/mol. The van der Waals surface area contributed by atoms with Gasteiger partial charge in [0.15, 0.2) is 5.65 Å². The third-order valence-electron chi connectivity index (χ3n) is 4.79. The number of H-pyrrole nitrogens is 1. The number of benzene rings is 2. The minimum absolute atomic E-state index is 0.0568. The average molecular weight is 383 g/mol. The van der Waals surface area contributed by atoms with Crippen molar-refractivity contribution in [3.05, 3.63) is 72.8 Å². The number of hydrogen-bond donors (Lipinski definition) is 3. The lowest BCUT2D eigenvalue weighted by Gasteiger charge is -2.16. The van der Waals surface area contributed by atoms with Gasteiger partial charge in [-0.1, -0.05) is 36.4 Å². The Bertz CT molecular complexity index is 1290. The predicted octanol–water partition coefficient (Wildman–Crippen LogP) is 3.11. The number of fused-ring (bicyclic) bond motifs is 2. The first-order chi connectivity index (χ1) is 14.3. The van der Waals surface area contributed by atoms with Gasteiger partial charge in [0.2, 0.25) is 5.95 Å². The number of nitrogens with one attached hydrogen (secondary N) is 2. The fourth-order valence-corrected chi connectivity index (χ4v) is 3.32. The summed E-state index contributed by atoms with van der Waals surface area (Å²) in [5, 5.41) is 21.6. The molecule has 0 radical (unpaired) electrons. The number of aromatic amines is 1. The van der Waals surface area contributed by atoms with Crippen LogP contribution in [-0.2, 0) is 0 Å². The van der Waals surface area contributed by atoms with E-state index >= 15 is 0 Å². The molecule has 3 heterocycles. The first-order valence-corrected chi connectivity index (χ1v) is 9.15. The van der Waals surface area contributed by atoms with E-state index in [1.807, 2.05) is 48.5 Å². The fraction of sp³-hybridized carbons (Fsp3) is 0.0952. The molecule has 1 unspecified atom stereocenters. The van der Waals surface area contributed by atoms with E-state index in [0.29, 0.717) is 11.6 Å². The normalized spacial score (nSPS) is 12.3. The number of rotatable bonds is 5. The van der Waals surface area contributed by atoms with Gasteiger partial charge in [-0.05, 0) is 17.7 Å². The van der Waals surface area contributed by atoms with Gasteiger partial charge in [0, 0.05) is 17.1 Å². The second kappa shape index (κ2) is 7.25. The zero-order chi connectivity index (χ0) is 19.6. The van der Waals surface area contributed by atoms with E-state index in [2.05, 4.69) is 35.5 Å². The molecule has 8 nitrogen and oxygen atoms in total. The SMILES string of the molecule is OCC(Nc1ncc2cc(-c3ncnc4[nH]ncc34)ccc2n1)c1ccccc1. The molecule has 0 bridgehead atoms. The van der Waals surface area contributed by atoms with Gasteiger partial charge in [-0.3, -0.25) is 5.10 Å². The Kier molecular flexibility index (Phi) is 4.30. The van der Waals surface area contributed by atoms with Crippen LogP contribution in [0.2, 0.25) is 0 Å². The number of aliphatic hydroxyl groups excluding tert-OH is 1. The quantitative estimate of drug-likeness (QED) is 0.427. The third-order valence-corrected chi connectivity index (χ3v) is 4.79. The lowest BCUT2D eigenvalue weighted by atomic mass is 10.1. The van der Waals surface area contributed by atoms with Gasteiger partial charge >= 0.3 is 0 Å². The summed E-state index contributed by atoms with van der Waals surface area (Å²) in [7, 11) is 0. The lowest BCUT2D eigenvalue weighted by Crippen LogP contribution is -2.16. The number of anilines is 1. The molecule has 0 saturated heterocycles. The highest BCUT2D eigenvalue weighted by atomic mass is 16.3. The number of aliphatic hydroxyl groups is 1. The minimum Gasteiger partial charge on any atom is -0.394 e. The van der Waals surface area contributed by atoms with Gasteiger partial charge in [-0.15, -0.1) is 0 Å². The van der Waals surface area contributed by atoms with Crippen LogP contribution in [0.3, 0.4) is 0 Å². The molecule has 1 atom stereocenters. The molecule has 142 valence electrons. The van der Waals surface area contributed by atoms with Gasteiger partial charge in [-0.2, -0.15) is 5.10 Å². The molecule has 5 aromatic rings. The van der Waals surface area contributed by atoms with Crippen LogP contribution in [0.1, 0.15) is 11.6 Å². The van der Waals surface area contributed by atoms with Crippen molar-refractivity contribution in [1.82, 2.24) is 30.1 Å². The molecule has 0 amide bonds. The van der Waals surface area contributed by atoms with E-state index < -0.39 is 0 Å². The van der Waals surface area contributed by atoms with Gasteiger partial charge in [-0.25, -0.2) is 19.9 Å². The van der Waals surface area contributed by atoms with Crippen molar-refractivity contribution in [2.45, 2.75) is 6.04 Å². The Morgan fingerprint density at radius 2 is 1.90 bits per heavy atom. The monoisotopic (exact) mass is 383 g/mol. The van der Waals surface area contributed by atoms with Crippen molar-refractivity contribution < 1.29 is 5.11 Å². The van der Waals surface area contributed by atoms with E-state index in [-0.39, 0.29) is 12.6 Å². The van der Waals surface area contributed by atoms with Crippen molar-refractivity contribution in [1.29, 1.82) is 0 Å². The molecule has 0 aliphatic heterocycles. The minimum atomic E-state index is -0.275. The Labute approximate surface area is 165 Å². The van der Waals surface area contributed by atoms with E-state index in [9.17, 15) is 5.11 Å². The number of nitrogens with zero attached hydrogens (tertiary/aromatic N) is 5. The van der Waals surface area contributed by atoms with Crippen LogP contribution in [-0.4, -0.2) is 41.8 Å². The summed E-state index contributed by atoms with van der Waals surface area (Å²) in [4.78, 5) is 17.6. The second-order valence-electron chi connectivity index (χ2n) is 6.61. The van der Waals surface area contributed by atoms with E-state index in [0.717, 1.165) is 33.1 Å². The summed E-state index contributed by atoms with van der Waals surface area (Å²) in [6.45, 7) is -0.0568. The zero-order valence-corrected chi connectivity index (χ0v) is 15.3. The highest BCUT2D eigenvalue weighted by molar-refractivity contribution is 5.93. The van der Waals surface area contributed by atoms with Crippen molar-refractivity contribution >= 4 is 27.9 Å². The van der Waals surface area contributed by atoms with Crippen LogP contribution in [0, 0.1) is 0 Å². The third kappa shape index (κ3) is 3.26. The van der Waals surface area contributed by atoms with E-state index in [4.69, 9.17) is 0 Å². The Morgan fingerprint density at radius 1 is 1.00 bits per heavy atom. The summed E-state index contributed by atoms with van der Waals surface area (Å²) < 4.78 is 0. The molecular formula is C21H17N7O. The zero-order valence-electron chi connectivity index (χ0n) is 15.3. The number of hydrogen-bond acceptors (Lipinski definition) is 7. The van der Waals surface area contributed by atoms with Crippen LogP contribution >= 0.6 is 0 Å². The molecule has 0 spiro atoms. The molecule has 0 saturated carbocycles. The maximum atomic E-state index is 9.75. The molecule has 0 fully saturated rings. The first kappa shape index (κ1) is 17.2. The lowest BCUT2D eigenvalue weighted by molar-refractivity contribution is 0.276. The van der Waals surface area contributed by atoms with Crippen molar-refractivity contribution in [2.24, 2.45) is 0 Å². The molecule has 8 heteroatoms.